The zero-order valence-corrected chi connectivity index (χ0v) is 8.57. The smallest absolute Gasteiger partial charge is 0.0429 e. The predicted octanol–water partition coefficient (Wildman–Crippen LogP) is 0.915. The number of likely N-dealkylation sites (N-methyl/N-ethyl adjacent to an activating group) is 1. The van der Waals surface area contributed by atoms with Crippen molar-refractivity contribution in [1.29, 1.82) is 0 Å². The minimum absolute atomic E-state index is 0.353. The summed E-state index contributed by atoms with van der Waals surface area (Å²) in [6, 6.07) is 0.854. The molecule has 2 nitrogen and oxygen atoms in total. The van der Waals surface area contributed by atoms with Gasteiger partial charge >= 0.3 is 0 Å². The first-order chi connectivity index (χ1) is 5.78. The number of thioether (sulfide) groups is 1. The summed E-state index contributed by atoms with van der Waals surface area (Å²) in [7, 11) is 2.26. The Morgan fingerprint density at radius 3 is 2.75 bits per heavy atom. The monoisotopic (exact) mass is 186 g/mol. The molecule has 0 aromatic heterocycles. The van der Waals surface area contributed by atoms with E-state index in [0.29, 0.717) is 5.54 Å². The topological polar surface area (TPSA) is 29.3 Å². The number of hydrogen-bond acceptors (Lipinski definition) is 3. The van der Waals surface area contributed by atoms with Crippen LogP contribution in [0.2, 0.25) is 0 Å². The van der Waals surface area contributed by atoms with Gasteiger partial charge in [-0.25, -0.2) is 0 Å². The second-order valence-electron chi connectivity index (χ2n) is 4.07. The number of nitrogens with zero attached hydrogens (tertiary/aromatic N) is 1. The van der Waals surface area contributed by atoms with Crippen molar-refractivity contribution >= 4 is 11.8 Å². The van der Waals surface area contributed by atoms with Gasteiger partial charge in [0.25, 0.3) is 0 Å². The van der Waals surface area contributed by atoms with Crippen LogP contribution >= 0.6 is 11.8 Å². The van der Waals surface area contributed by atoms with Gasteiger partial charge < -0.3 is 5.73 Å². The first-order valence-electron chi connectivity index (χ1n) is 4.79. The van der Waals surface area contributed by atoms with E-state index in [9.17, 15) is 0 Å². The second kappa shape index (κ2) is 3.20. The Hall–Kier alpha value is 0.270. The molecule has 3 heteroatoms. The van der Waals surface area contributed by atoms with Crippen molar-refractivity contribution in [2.45, 2.75) is 30.8 Å². The largest absolute Gasteiger partial charge is 0.329 e. The van der Waals surface area contributed by atoms with Gasteiger partial charge in [-0.3, -0.25) is 4.90 Å². The Bertz CT molecular complexity index is 162. The molecule has 0 spiro atoms. The number of nitrogens with two attached hydrogens (primary N) is 1. The highest BCUT2D eigenvalue weighted by atomic mass is 32.2. The SMILES string of the molecule is CN(C1CC1)C1(CN)CCSC1. The maximum Gasteiger partial charge on any atom is 0.0429 e. The first-order valence-corrected chi connectivity index (χ1v) is 5.95. The van der Waals surface area contributed by atoms with Crippen molar-refractivity contribution in [1.82, 2.24) is 4.90 Å². The average Bonchev–Trinajstić information content (AvgIpc) is 2.83. The van der Waals surface area contributed by atoms with Crippen LogP contribution in [0.5, 0.6) is 0 Å². The molecule has 1 atom stereocenters. The third kappa shape index (κ3) is 1.38. The molecule has 2 fully saturated rings. The molecule has 1 heterocycles. The minimum Gasteiger partial charge on any atom is -0.329 e. The van der Waals surface area contributed by atoms with Gasteiger partial charge in [0.05, 0.1) is 0 Å². The molecule has 12 heavy (non-hydrogen) atoms. The Morgan fingerprint density at radius 2 is 2.33 bits per heavy atom. The minimum atomic E-state index is 0.353. The van der Waals surface area contributed by atoms with Gasteiger partial charge in [0.15, 0.2) is 0 Å². The molecule has 0 amide bonds. The van der Waals surface area contributed by atoms with E-state index in [4.69, 9.17) is 5.73 Å². The molecule has 70 valence electrons. The fourth-order valence-electron chi connectivity index (χ4n) is 2.03. The first kappa shape index (κ1) is 8.85. The molecular weight excluding hydrogens is 168 g/mol. The van der Waals surface area contributed by atoms with Gasteiger partial charge in [-0.2, -0.15) is 11.8 Å². The Balaban J connectivity index is 2.03. The summed E-state index contributed by atoms with van der Waals surface area (Å²) < 4.78 is 0. The third-order valence-corrected chi connectivity index (χ3v) is 4.54. The van der Waals surface area contributed by atoms with E-state index in [1.807, 2.05) is 0 Å². The molecule has 1 aliphatic carbocycles. The van der Waals surface area contributed by atoms with Crippen LogP contribution in [0.15, 0.2) is 0 Å². The van der Waals surface area contributed by atoms with Crippen LogP contribution in [0.1, 0.15) is 19.3 Å². The lowest BCUT2D eigenvalue weighted by Gasteiger charge is -2.37. The normalized spacial score (nSPS) is 36.2. The van der Waals surface area contributed by atoms with Gasteiger partial charge in [0.1, 0.15) is 0 Å². The van der Waals surface area contributed by atoms with Gasteiger partial charge in [0.2, 0.25) is 0 Å². The molecule has 0 bridgehead atoms. The highest BCUT2D eigenvalue weighted by Gasteiger charge is 2.43. The molecule has 0 aromatic carbocycles. The van der Waals surface area contributed by atoms with Crippen molar-refractivity contribution in [3.63, 3.8) is 0 Å². The molecule has 2 aliphatic rings. The maximum atomic E-state index is 5.88. The van der Waals surface area contributed by atoms with Gasteiger partial charge in [-0.1, -0.05) is 0 Å². The van der Waals surface area contributed by atoms with Crippen LogP contribution in [0.3, 0.4) is 0 Å². The van der Waals surface area contributed by atoms with Gasteiger partial charge in [0, 0.05) is 23.9 Å². The molecule has 0 aromatic rings. The fourth-order valence-corrected chi connectivity index (χ4v) is 3.54. The predicted molar refractivity (Wildman–Crippen MR) is 54.5 cm³/mol. The van der Waals surface area contributed by atoms with E-state index in [1.54, 1.807) is 0 Å². The second-order valence-corrected chi connectivity index (χ2v) is 5.18. The van der Waals surface area contributed by atoms with E-state index in [1.165, 1.54) is 30.8 Å². The highest BCUT2D eigenvalue weighted by Crippen LogP contribution is 2.38. The summed E-state index contributed by atoms with van der Waals surface area (Å²) in [6.07, 6.45) is 4.08. The van der Waals surface area contributed by atoms with Gasteiger partial charge in [-0.05, 0) is 32.1 Å². The summed E-state index contributed by atoms with van der Waals surface area (Å²) in [6.45, 7) is 0.840. The van der Waals surface area contributed by atoms with Crippen LogP contribution in [0, 0.1) is 0 Å². The molecule has 2 rings (SSSR count). The lowest BCUT2D eigenvalue weighted by molar-refractivity contribution is 0.142. The lowest BCUT2D eigenvalue weighted by Crippen LogP contribution is -2.53. The van der Waals surface area contributed by atoms with Gasteiger partial charge in [-0.15, -0.1) is 0 Å². The van der Waals surface area contributed by atoms with Crippen molar-refractivity contribution in [3.8, 4) is 0 Å². The standard InChI is InChI=1S/C9H18N2S/c1-11(8-2-3-8)9(6-10)4-5-12-7-9/h8H,2-7,10H2,1H3. The van der Waals surface area contributed by atoms with Crippen LogP contribution in [-0.2, 0) is 0 Å². The van der Waals surface area contributed by atoms with Crippen LogP contribution in [0.25, 0.3) is 0 Å². The molecular formula is C9H18N2S. The Morgan fingerprint density at radius 1 is 1.58 bits per heavy atom. The maximum absolute atomic E-state index is 5.88. The average molecular weight is 186 g/mol. The third-order valence-electron chi connectivity index (χ3n) is 3.31. The lowest BCUT2D eigenvalue weighted by atomic mass is 9.97. The van der Waals surface area contributed by atoms with Crippen LogP contribution < -0.4 is 5.73 Å². The van der Waals surface area contributed by atoms with Crippen molar-refractivity contribution < 1.29 is 0 Å². The van der Waals surface area contributed by atoms with E-state index in [2.05, 4.69) is 23.7 Å². The van der Waals surface area contributed by atoms with Crippen molar-refractivity contribution in [3.05, 3.63) is 0 Å². The molecule has 1 saturated carbocycles. The number of hydrogen-bond donors (Lipinski definition) is 1. The molecule has 0 radical (unpaired) electrons. The Kier molecular flexibility index (Phi) is 2.36. The summed E-state index contributed by atoms with van der Waals surface area (Å²) in [5.74, 6) is 2.55. The van der Waals surface area contributed by atoms with Crippen LogP contribution in [0.4, 0.5) is 0 Å². The van der Waals surface area contributed by atoms with E-state index < -0.39 is 0 Å². The molecule has 2 N–H and O–H groups in total. The summed E-state index contributed by atoms with van der Waals surface area (Å²) in [5.41, 5.74) is 6.23. The van der Waals surface area contributed by atoms with E-state index in [-0.39, 0.29) is 0 Å². The van der Waals surface area contributed by atoms with Crippen molar-refractivity contribution in [2.75, 3.05) is 25.1 Å². The summed E-state index contributed by atoms with van der Waals surface area (Å²) >= 11 is 2.06. The molecule has 1 unspecified atom stereocenters. The fraction of sp³-hybridized carbons (Fsp3) is 1.00. The molecule has 1 saturated heterocycles. The highest BCUT2D eigenvalue weighted by molar-refractivity contribution is 7.99. The summed E-state index contributed by atoms with van der Waals surface area (Å²) in [4.78, 5) is 2.55. The van der Waals surface area contributed by atoms with E-state index >= 15 is 0 Å². The molecule has 1 aliphatic heterocycles. The quantitative estimate of drug-likeness (QED) is 0.710. The zero-order valence-electron chi connectivity index (χ0n) is 7.75. The van der Waals surface area contributed by atoms with Crippen molar-refractivity contribution in [2.24, 2.45) is 5.73 Å². The van der Waals surface area contributed by atoms with E-state index in [0.717, 1.165) is 12.6 Å². The Labute approximate surface area is 78.9 Å². The zero-order chi connectivity index (χ0) is 8.60. The summed E-state index contributed by atoms with van der Waals surface area (Å²) in [5, 5.41) is 0. The number of rotatable bonds is 3. The van der Waals surface area contributed by atoms with Crippen LogP contribution in [-0.4, -0.2) is 41.6 Å².